The molecule has 0 spiro atoms. The first-order valence-electron chi connectivity index (χ1n) is 19.5. The van der Waals surface area contributed by atoms with Crippen LogP contribution in [0.2, 0.25) is 0 Å². The third-order valence-electron chi connectivity index (χ3n) is 12.9. The lowest BCUT2D eigenvalue weighted by Crippen LogP contribution is -2.65. The SMILES string of the molecule is CCCC(NC(=O)[C@@H]1[C@@H]2[C@H](CN1C(=O)[C@@H](NC(=O)NC1(CS(=O)(=O)C(C)(C)C)CCCCC1)C1(C)CCCCC1)C2(C)C)C(=O)C(=O)NC1CC1. The number of fused-ring (bicyclic) bond motifs is 1. The molecular formula is C38H63N5O7S. The molecule has 288 valence electrons. The number of nitrogens with zero attached hydrogens (tertiary/aromatic N) is 1. The van der Waals surface area contributed by atoms with Gasteiger partial charge in [-0.25, -0.2) is 13.2 Å². The monoisotopic (exact) mass is 733 g/mol. The Kier molecular flexibility index (Phi) is 11.3. The van der Waals surface area contributed by atoms with Crippen LogP contribution in [0.4, 0.5) is 4.79 Å². The molecule has 5 amide bonds. The molecule has 12 nitrogen and oxygen atoms in total. The first kappa shape index (κ1) is 39.5. The fourth-order valence-electron chi connectivity index (χ4n) is 9.14. The van der Waals surface area contributed by atoms with Crippen molar-refractivity contribution in [3.63, 3.8) is 0 Å². The molecule has 5 atom stereocenters. The quantitative estimate of drug-likeness (QED) is 0.206. The molecule has 0 aromatic rings. The van der Waals surface area contributed by atoms with Crippen LogP contribution in [0.1, 0.15) is 138 Å². The number of carbonyl (C=O) groups excluding carboxylic acids is 5. The van der Waals surface area contributed by atoms with Crippen molar-refractivity contribution in [2.75, 3.05) is 12.3 Å². The number of rotatable bonds is 13. The zero-order valence-electron chi connectivity index (χ0n) is 32.0. The maximum absolute atomic E-state index is 14.9. The molecule has 51 heavy (non-hydrogen) atoms. The summed E-state index contributed by atoms with van der Waals surface area (Å²) in [5, 5.41) is 11.7. The molecule has 1 unspecified atom stereocenters. The largest absolute Gasteiger partial charge is 0.347 e. The highest BCUT2D eigenvalue weighted by atomic mass is 32.2. The summed E-state index contributed by atoms with van der Waals surface area (Å²) in [5.74, 6) is -2.35. The summed E-state index contributed by atoms with van der Waals surface area (Å²) < 4.78 is 25.9. The van der Waals surface area contributed by atoms with Crippen molar-refractivity contribution in [2.45, 2.75) is 173 Å². The van der Waals surface area contributed by atoms with Gasteiger partial charge in [0.2, 0.25) is 17.6 Å². The molecular weight excluding hydrogens is 671 g/mol. The van der Waals surface area contributed by atoms with Crippen molar-refractivity contribution in [3.05, 3.63) is 0 Å². The Morgan fingerprint density at radius 1 is 0.863 bits per heavy atom. The maximum atomic E-state index is 14.9. The number of hydrogen-bond donors (Lipinski definition) is 4. The fraction of sp³-hybridized carbons (Fsp3) is 0.868. The second-order valence-corrected chi connectivity index (χ2v) is 21.1. The van der Waals surface area contributed by atoms with Crippen LogP contribution in [0.3, 0.4) is 0 Å². The summed E-state index contributed by atoms with van der Waals surface area (Å²) in [7, 11) is -3.56. The summed E-state index contributed by atoms with van der Waals surface area (Å²) in [6.07, 6.45) is 10.5. The van der Waals surface area contributed by atoms with Crippen LogP contribution in [0.25, 0.3) is 0 Å². The lowest BCUT2D eigenvalue weighted by Gasteiger charge is -2.44. The van der Waals surface area contributed by atoms with Gasteiger partial charge >= 0.3 is 6.03 Å². The molecule has 1 aliphatic heterocycles. The highest BCUT2D eigenvalue weighted by Gasteiger charge is 2.70. The van der Waals surface area contributed by atoms with Crippen LogP contribution >= 0.6 is 0 Å². The molecule has 4 N–H and O–H groups in total. The van der Waals surface area contributed by atoms with Crippen LogP contribution < -0.4 is 21.3 Å². The Morgan fingerprint density at radius 2 is 1.45 bits per heavy atom. The number of carbonyl (C=O) groups is 5. The predicted molar refractivity (Wildman–Crippen MR) is 195 cm³/mol. The van der Waals surface area contributed by atoms with E-state index in [1.54, 1.807) is 25.7 Å². The zero-order chi connectivity index (χ0) is 37.6. The van der Waals surface area contributed by atoms with E-state index < -0.39 is 67.3 Å². The number of piperidine rings is 1. The number of ketones is 1. The molecule has 1 saturated heterocycles. The van der Waals surface area contributed by atoms with E-state index in [1.165, 1.54) is 0 Å². The standard InChI is InChI=1S/C38H63N5O7S/c1-8-15-26(29(44)32(46)39-24-16-17-24)40-31(45)28-27-25(36(27,5)6)22-43(28)33(47)30(37(7)18-11-9-12-19-37)41-34(48)42-38(20-13-10-14-21-38)23-51(49,50)35(2,3)4/h24-28,30H,8-23H2,1-7H3,(H,39,46)(H,40,45)(H2,41,42,48)/t25-,26?,27-,28-,30+/m0/s1. The Balaban J connectivity index is 1.39. The first-order chi connectivity index (χ1) is 23.8. The summed E-state index contributed by atoms with van der Waals surface area (Å²) in [4.78, 5) is 70.6. The Labute approximate surface area is 305 Å². The van der Waals surface area contributed by atoms with Crippen molar-refractivity contribution < 1.29 is 32.4 Å². The normalized spacial score (nSPS) is 27.7. The third-order valence-corrected chi connectivity index (χ3v) is 15.7. The van der Waals surface area contributed by atoms with Crippen LogP contribution in [0, 0.1) is 22.7 Å². The van der Waals surface area contributed by atoms with Gasteiger partial charge in [0.1, 0.15) is 12.1 Å². The number of nitrogens with one attached hydrogen (secondary N) is 4. The van der Waals surface area contributed by atoms with E-state index in [2.05, 4.69) is 35.1 Å². The number of amides is 5. The number of Topliss-reactive ketones (excluding diaryl/α,β-unsaturated/α-hetero) is 1. The zero-order valence-corrected chi connectivity index (χ0v) is 32.8. The van der Waals surface area contributed by atoms with E-state index in [4.69, 9.17) is 0 Å². The lowest BCUT2D eigenvalue weighted by molar-refractivity contribution is -0.146. The van der Waals surface area contributed by atoms with Gasteiger partial charge in [-0.3, -0.25) is 19.2 Å². The van der Waals surface area contributed by atoms with E-state index >= 15 is 0 Å². The van der Waals surface area contributed by atoms with Crippen molar-refractivity contribution in [3.8, 4) is 0 Å². The molecule has 0 aromatic heterocycles. The number of urea groups is 1. The summed E-state index contributed by atoms with van der Waals surface area (Å²) in [6, 6.07) is -3.34. The van der Waals surface area contributed by atoms with Crippen molar-refractivity contribution in [1.82, 2.24) is 26.2 Å². The average molecular weight is 734 g/mol. The third kappa shape index (κ3) is 8.43. The second kappa shape index (κ2) is 14.6. The minimum atomic E-state index is -3.56. The van der Waals surface area contributed by atoms with Gasteiger partial charge in [0.05, 0.1) is 22.1 Å². The van der Waals surface area contributed by atoms with Crippen molar-refractivity contribution in [2.24, 2.45) is 22.7 Å². The minimum absolute atomic E-state index is 0.00839. The molecule has 4 saturated carbocycles. The van der Waals surface area contributed by atoms with Gasteiger partial charge < -0.3 is 26.2 Å². The van der Waals surface area contributed by atoms with Gasteiger partial charge in [0.25, 0.3) is 5.91 Å². The Morgan fingerprint density at radius 3 is 2.00 bits per heavy atom. The Hall–Kier alpha value is -2.70. The van der Waals surface area contributed by atoms with Crippen LogP contribution in [0.15, 0.2) is 0 Å². The smallest absolute Gasteiger partial charge is 0.315 e. The van der Waals surface area contributed by atoms with Gasteiger partial charge in [-0.1, -0.05) is 72.6 Å². The van der Waals surface area contributed by atoms with E-state index in [1.807, 2.05) is 13.8 Å². The topological polar surface area (TPSA) is 171 Å². The maximum Gasteiger partial charge on any atom is 0.315 e. The Bertz CT molecular complexity index is 1470. The fourth-order valence-corrected chi connectivity index (χ4v) is 10.7. The van der Waals surface area contributed by atoms with Crippen molar-refractivity contribution in [1.29, 1.82) is 0 Å². The van der Waals surface area contributed by atoms with Gasteiger partial charge in [-0.05, 0) is 88.4 Å². The molecule has 5 aliphatic rings. The lowest BCUT2D eigenvalue weighted by atomic mass is 9.70. The average Bonchev–Trinajstić information content (AvgIpc) is 3.90. The molecule has 5 rings (SSSR count). The van der Waals surface area contributed by atoms with Crippen molar-refractivity contribution >= 4 is 39.4 Å². The number of sulfone groups is 1. The van der Waals surface area contributed by atoms with Gasteiger partial charge in [-0.2, -0.15) is 0 Å². The molecule has 0 radical (unpaired) electrons. The summed E-state index contributed by atoms with van der Waals surface area (Å²) in [6.45, 7) is 13.5. The van der Waals surface area contributed by atoms with Crippen LogP contribution in [-0.2, 0) is 29.0 Å². The molecule has 0 bridgehead atoms. The highest BCUT2D eigenvalue weighted by Crippen LogP contribution is 2.65. The summed E-state index contributed by atoms with van der Waals surface area (Å²) >= 11 is 0. The van der Waals surface area contributed by atoms with E-state index in [0.717, 1.165) is 64.2 Å². The number of hydrogen-bond acceptors (Lipinski definition) is 7. The summed E-state index contributed by atoms with van der Waals surface area (Å²) in [5.41, 5.74) is -1.70. The molecule has 4 aliphatic carbocycles. The van der Waals surface area contributed by atoms with E-state index in [-0.39, 0.29) is 35.0 Å². The van der Waals surface area contributed by atoms with Gasteiger partial charge in [0, 0.05) is 12.6 Å². The van der Waals surface area contributed by atoms with Crippen LogP contribution in [-0.4, -0.2) is 89.6 Å². The van der Waals surface area contributed by atoms with Gasteiger partial charge in [-0.15, -0.1) is 0 Å². The minimum Gasteiger partial charge on any atom is -0.347 e. The molecule has 0 aromatic carbocycles. The first-order valence-corrected chi connectivity index (χ1v) is 21.2. The van der Waals surface area contributed by atoms with E-state index in [9.17, 15) is 32.4 Å². The molecule has 1 heterocycles. The highest BCUT2D eigenvalue weighted by molar-refractivity contribution is 7.92. The molecule has 5 fully saturated rings. The number of likely N-dealkylation sites (tertiary alicyclic amines) is 1. The van der Waals surface area contributed by atoms with Crippen LogP contribution in [0.5, 0.6) is 0 Å². The molecule has 13 heteroatoms. The van der Waals surface area contributed by atoms with E-state index in [0.29, 0.717) is 32.2 Å². The predicted octanol–water partition coefficient (Wildman–Crippen LogP) is 4.16. The second-order valence-electron chi connectivity index (χ2n) is 18.3. The van der Waals surface area contributed by atoms with Gasteiger partial charge in [0.15, 0.2) is 9.84 Å².